The van der Waals surface area contributed by atoms with Gasteiger partial charge < -0.3 is 9.26 Å². The fourth-order valence-corrected chi connectivity index (χ4v) is 9.27. The molecule has 34 heavy (non-hydrogen) atoms. The molecule has 8 atom stereocenters. The molecule has 4 aliphatic rings. The second-order valence-electron chi connectivity index (χ2n) is 13.5. The summed E-state index contributed by atoms with van der Waals surface area (Å²) in [5, 5.41) is 4.52. The third-order valence-corrected chi connectivity index (χ3v) is 11.1. The average Bonchev–Trinajstić information content (AvgIpc) is 3.34. The molecule has 4 fully saturated rings. The van der Waals surface area contributed by atoms with Crippen molar-refractivity contribution in [2.75, 3.05) is 0 Å². The van der Waals surface area contributed by atoms with Crippen molar-refractivity contribution in [1.29, 1.82) is 0 Å². The molecule has 0 aromatic carbocycles. The van der Waals surface area contributed by atoms with Crippen LogP contribution >= 0.6 is 0 Å². The zero-order valence-corrected chi connectivity index (χ0v) is 22.3. The van der Waals surface area contributed by atoms with Gasteiger partial charge >= 0.3 is 5.97 Å². The molecule has 4 aliphatic carbocycles. The Balaban J connectivity index is 1.30. The summed E-state index contributed by atoms with van der Waals surface area (Å²) in [7, 11) is 0. The lowest BCUT2D eigenvalue weighted by molar-refractivity contribution is -0.146. The Labute approximate surface area is 207 Å². The lowest BCUT2D eigenvalue weighted by Gasteiger charge is -2.56. The Kier molecular flexibility index (Phi) is 6.66. The van der Waals surface area contributed by atoms with E-state index in [-0.39, 0.29) is 12.6 Å². The third-order valence-electron chi connectivity index (χ3n) is 11.1. The molecular weight excluding hydrogens is 422 g/mol. The van der Waals surface area contributed by atoms with Crippen molar-refractivity contribution in [2.24, 2.45) is 46.3 Å². The van der Waals surface area contributed by atoms with E-state index in [0.717, 1.165) is 35.3 Å². The third kappa shape index (κ3) is 4.26. The van der Waals surface area contributed by atoms with Gasteiger partial charge in [-0.25, -0.2) is 0 Å². The van der Waals surface area contributed by atoms with Crippen LogP contribution in [0.1, 0.15) is 123 Å². The number of carbonyl (C=O) groups is 1. The minimum Gasteiger partial charge on any atom is -0.457 e. The number of rotatable bonds is 5. The molecule has 0 spiro atoms. The predicted octanol–water partition coefficient (Wildman–Crippen LogP) is 7.92. The number of hydrogen-bond donors (Lipinski definition) is 0. The highest BCUT2D eigenvalue weighted by Crippen LogP contribution is 2.68. The zero-order valence-electron chi connectivity index (χ0n) is 22.3. The van der Waals surface area contributed by atoms with Gasteiger partial charge in [0.25, 0.3) is 0 Å². The van der Waals surface area contributed by atoms with E-state index in [1.807, 2.05) is 13.8 Å². The molecule has 0 N–H and O–H groups in total. The van der Waals surface area contributed by atoms with E-state index in [9.17, 15) is 4.79 Å². The minimum atomic E-state index is -0.156. The highest BCUT2D eigenvalue weighted by Gasteiger charge is 2.59. The van der Waals surface area contributed by atoms with Gasteiger partial charge in [-0.2, -0.15) is 0 Å². The summed E-state index contributed by atoms with van der Waals surface area (Å²) in [5.41, 5.74) is 1.98. The first-order valence-electron chi connectivity index (χ1n) is 14.3. The van der Waals surface area contributed by atoms with Gasteiger partial charge in [-0.15, -0.1) is 0 Å². The monoisotopic (exact) mass is 469 g/mol. The smallest absolute Gasteiger partial charge is 0.306 e. The van der Waals surface area contributed by atoms with E-state index < -0.39 is 0 Å². The molecular formula is C30H47NO3. The maximum absolute atomic E-state index is 12.0. The molecule has 0 aliphatic heterocycles. The standard InChI is InChI=1S/C30H47NO3/c1-19(2)15-28(32)33-18-22-17-27(31-34-22)26-10-9-24-23-8-6-7-21-16-20(3)11-13-29(21,4)25(23)12-14-30(24,26)5/h17,19-21,23-26H,6-16,18H2,1-5H3/t20-,21?,23+,24?,25?,26+,29-,30-/m0/s1. The van der Waals surface area contributed by atoms with Gasteiger partial charge in [-0.3, -0.25) is 4.79 Å². The van der Waals surface area contributed by atoms with E-state index in [4.69, 9.17) is 9.26 Å². The lowest BCUT2D eigenvalue weighted by atomic mass is 9.49. The molecule has 1 aromatic heterocycles. The van der Waals surface area contributed by atoms with Crippen molar-refractivity contribution in [1.82, 2.24) is 5.16 Å². The van der Waals surface area contributed by atoms with Gasteiger partial charge in [0.2, 0.25) is 0 Å². The highest BCUT2D eigenvalue weighted by atomic mass is 16.5. The molecule has 0 radical (unpaired) electrons. The van der Waals surface area contributed by atoms with E-state index >= 15 is 0 Å². The Morgan fingerprint density at radius 2 is 1.85 bits per heavy atom. The zero-order chi connectivity index (χ0) is 24.1. The molecule has 0 saturated heterocycles. The van der Waals surface area contributed by atoms with Crippen LogP contribution in [0.5, 0.6) is 0 Å². The topological polar surface area (TPSA) is 52.3 Å². The van der Waals surface area contributed by atoms with Crippen molar-refractivity contribution in [3.05, 3.63) is 17.5 Å². The molecule has 1 aromatic rings. The average molecular weight is 470 g/mol. The molecule has 3 unspecified atom stereocenters. The SMILES string of the molecule is CC(C)CC(=O)OCc1cc([C@H]2CCC3[C@H]4CCCC5C[C@@H](C)CC[C@]5(C)C4CC[C@@]32C)no1. The first kappa shape index (κ1) is 24.4. The first-order valence-corrected chi connectivity index (χ1v) is 14.3. The molecule has 4 saturated carbocycles. The van der Waals surface area contributed by atoms with Crippen LogP contribution < -0.4 is 0 Å². The maximum Gasteiger partial charge on any atom is 0.306 e. The summed E-state index contributed by atoms with van der Waals surface area (Å²) >= 11 is 0. The van der Waals surface area contributed by atoms with Crippen LogP contribution in [0.15, 0.2) is 10.6 Å². The summed E-state index contributed by atoms with van der Waals surface area (Å²) in [6.45, 7) is 12.0. The van der Waals surface area contributed by atoms with Crippen molar-refractivity contribution in [3.63, 3.8) is 0 Å². The highest BCUT2D eigenvalue weighted by molar-refractivity contribution is 5.69. The number of nitrogens with zero attached hydrogens (tertiary/aromatic N) is 1. The Hall–Kier alpha value is -1.32. The van der Waals surface area contributed by atoms with Crippen LogP contribution in [0, 0.1) is 46.3 Å². The van der Waals surface area contributed by atoms with Crippen LogP contribution in [-0.2, 0) is 16.1 Å². The summed E-state index contributed by atoms with van der Waals surface area (Å²) in [4.78, 5) is 12.0. The van der Waals surface area contributed by atoms with Crippen molar-refractivity contribution < 1.29 is 14.1 Å². The fraction of sp³-hybridized carbons (Fsp3) is 0.867. The number of ether oxygens (including phenoxy) is 1. The van der Waals surface area contributed by atoms with Crippen LogP contribution in [0.2, 0.25) is 0 Å². The van der Waals surface area contributed by atoms with E-state index in [1.54, 1.807) is 0 Å². The minimum absolute atomic E-state index is 0.156. The second kappa shape index (κ2) is 9.28. The Morgan fingerprint density at radius 1 is 1.09 bits per heavy atom. The number of fused-ring (bicyclic) bond motifs is 5. The summed E-state index contributed by atoms with van der Waals surface area (Å²) in [6.07, 6.45) is 14.4. The second-order valence-corrected chi connectivity index (χ2v) is 13.5. The normalized spacial score (nSPS) is 41.9. The number of hydrogen-bond acceptors (Lipinski definition) is 4. The molecule has 4 heteroatoms. The van der Waals surface area contributed by atoms with Crippen molar-refractivity contribution in [2.45, 2.75) is 118 Å². The van der Waals surface area contributed by atoms with Crippen LogP contribution in [0.4, 0.5) is 0 Å². The number of carbonyl (C=O) groups excluding carboxylic acids is 1. The Bertz CT molecular complexity index is 876. The van der Waals surface area contributed by atoms with Gasteiger partial charge in [0.05, 0.1) is 5.69 Å². The summed E-state index contributed by atoms with van der Waals surface area (Å²) in [5.74, 6) is 5.80. The summed E-state index contributed by atoms with van der Waals surface area (Å²) in [6, 6.07) is 2.08. The van der Waals surface area contributed by atoms with E-state index in [2.05, 4.69) is 32.0 Å². The van der Waals surface area contributed by atoms with Gasteiger partial charge in [-0.1, -0.05) is 52.6 Å². The molecule has 1 heterocycles. The van der Waals surface area contributed by atoms with Crippen molar-refractivity contribution >= 4 is 5.97 Å². The lowest BCUT2D eigenvalue weighted by Crippen LogP contribution is -2.48. The van der Waals surface area contributed by atoms with Gasteiger partial charge in [-0.05, 0) is 97.7 Å². The van der Waals surface area contributed by atoms with Crippen LogP contribution in [0.3, 0.4) is 0 Å². The molecule has 0 bridgehead atoms. The van der Waals surface area contributed by atoms with E-state index in [0.29, 0.717) is 34.8 Å². The quantitative estimate of drug-likeness (QED) is 0.411. The molecule has 190 valence electrons. The first-order chi connectivity index (χ1) is 16.2. The summed E-state index contributed by atoms with van der Waals surface area (Å²) < 4.78 is 11.1. The predicted molar refractivity (Wildman–Crippen MR) is 134 cm³/mol. The van der Waals surface area contributed by atoms with Crippen LogP contribution in [-0.4, -0.2) is 11.1 Å². The maximum atomic E-state index is 12.0. The molecule has 4 nitrogen and oxygen atoms in total. The fourth-order valence-electron chi connectivity index (χ4n) is 9.27. The van der Waals surface area contributed by atoms with E-state index in [1.165, 1.54) is 64.2 Å². The van der Waals surface area contributed by atoms with Crippen molar-refractivity contribution in [3.8, 4) is 0 Å². The molecule has 0 amide bonds. The van der Waals surface area contributed by atoms with Gasteiger partial charge in [0.15, 0.2) is 12.4 Å². The van der Waals surface area contributed by atoms with Gasteiger partial charge in [0.1, 0.15) is 0 Å². The van der Waals surface area contributed by atoms with Gasteiger partial charge in [0, 0.05) is 18.4 Å². The van der Waals surface area contributed by atoms with Crippen LogP contribution in [0.25, 0.3) is 0 Å². The molecule has 5 rings (SSSR count). The number of aromatic nitrogens is 1. The largest absolute Gasteiger partial charge is 0.457 e. The number of esters is 1. The Morgan fingerprint density at radius 3 is 2.65 bits per heavy atom.